The summed E-state index contributed by atoms with van der Waals surface area (Å²) in [6.45, 7) is 37.0. The van der Waals surface area contributed by atoms with Gasteiger partial charge in [0, 0.05) is 22.3 Å². The van der Waals surface area contributed by atoms with E-state index in [1.165, 1.54) is 89.1 Å². The van der Waals surface area contributed by atoms with Crippen LogP contribution in [0.5, 0.6) is 23.0 Å². The van der Waals surface area contributed by atoms with Crippen LogP contribution < -0.4 is 51.0 Å². The summed E-state index contributed by atoms with van der Waals surface area (Å²) >= 11 is 0. The lowest BCUT2D eigenvalue weighted by molar-refractivity contribution is 0.414. The van der Waals surface area contributed by atoms with Crippen molar-refractivity contribution in [2.24, 2.45) is 20.0 Å². The standard InChI is InChI=1S/C96H112N8O4/c1-21-61-69(29-9)89-90-70(30-10)63(23-3)83(99-90)78(54-39-47-58(106-18)48-40-54)84-65(25-5)73(33-13)93(101-84)94-74(34-14)67(27-7)87(103-94)80(56-43-51-60(108-20)52-44-56)88-68(28-8)76(36-16)96(104-88)95-75(35-15)66(26-6)86(102-95)79(55-41-49-59(107-19)50-42-55)85-64(24-4)72(32-12)92(100-85)91-71(31-11)62(22-2)82(98-91)77(81(61)97-89)53-37-45-57(105-17)46-38-53/h37-52,97,99-100,103H,21-36H2,1-20H3. The molecule has 0 atom stereocenters. The van der Waals surface area contributed by atoms with Gasteiger partial charge >= 0.3 is 0 Å². The van der Waals surface area contributed by atoms with Crippen molar-refractivity contribution in [2.75, 3.05) is 28.4 Å². The first-order chi connectivity index (χ1) is 52.7. The zero-order valence-corrected chi connectivity index (χ0v) is 68.0. The summed E-state index contributed by atoms with van der Waals surface area (Å²) < 4.78 is 23.7. The molecule has 0 radical (unpaired) electrons. The van der Waals surface area contributed by atoms with Gasteiger partial charge in [0.25, 0.3) is 0 Å². The molecule has 0 aliphatic carbocycles. The van der Waals surface area contributed by atoms with Gasteiger partial charge in [0.15, 0.2) is 0 Å². The summed E-state index contributed by atoms with van der Waals surface area (Å²) in [5.41, 5.74) is 36.6. The minimum Gasteiger partial charge on any atom is -0.497 e. The van der Waals surface area contributed by atoms with Crippen molar-refractivity contribution < 1.29 is 18.9 Å². The molecule has 4 aromatic carbocycles. The van der Waals surface area contributed by atoms with E-state index in [0.29, 0.717) is 0 Å². The molecule has 4 aromatic heterocycles. The Labute approximate surface area is 639 Å². The van der Waals surface area contributed by atoms with E-state index in [0.717, 1.165) is 259 Å². The Hall–Kier alpha value is -10.2. The van der Waals surface area contributed by atoms with E-state index in [-0.39, 0.29) is 0 Å². The first-order valence-electron chi connectivity index (χ1n) is 40.5. The Morgan fingerprint density at radius 2 is 0.380 bits per heavy atom. The van der Waals surface area contributed by atoms with Crippen LogP contribution in [0.25, 0.3) is 33.7 Å². The number of allylic oxidation sites excluding steroid dienone is 6. The molecule has 0 saturated heterocycles. The molecule has 0 amide bonds. The van der Waals surface area contributed by atoms with Crippen LogP contribution in [0.2, 0.25) is 0 Å². The molecular formula is C96H112N8O4. The summed E-state index contributed by atoms with van der Waals surface area (Å²) in [6, 6.07) is 34.6. The van der Waals surface area contributed by atoms with Gasteiger partial charge in [0.1, 0.15) is 23.0 Å². The molecule has 5 aliphatic heterocycles. The first kappa shape index (κ1) is 76.0. The third kappa shape index (κ3) is 12.6. The number of aromatic amines is 4. The fourth-order valence-electron chi connectivity index (χ4n) is 18.6. The smallest absolute Gasteiger partial charge is 0.118 e. The number of aliphatic imine (C=N–C) groups is 4. The molecule has 0 saturated carbocycles. The van der Waals surface area contributed by atoms with Gasteiger partial charge in [-0.25, -0.2) is 20.0 Å². The fraction of sp³-hybridized carbons (Fsp3) is 0.375. The lowest BCUT2D eigenvalue weighted by Crippen LogP contribution is -2.22. The van der Waals surface area contributed by atoms with Crippen LogP contribution in [-0.4, -0.2) is 71.2 Å². The van der Waals surface area contributed by atoms with E-state index < -0.39 is 0 Å². The van der Waals surface area contributed by atoms with Gasteiger partial charge in [0.05, 0.1) is 117 Å². The second-order valence-corrected chi connectivity index (χ2v) is 28.5. The zero-order valence-electron chi connectivity index (χ0n) is 68.0. The van der Waals surface area contributed by atoms with E-state index in [1.807, 2.05) is 0 Å². The van der Waals surface area contributed by atoms with Gasteiger partial charge in [-0.2, -0.15) is 0 Å². The number of methoxy groups -OCH3 is 4. The Bertz CT molecular complexity index is 5380. The monoisotopic (exact) mass is 1440 g/mol. The predicted molar refractivity (Wildman–Crippen MR) is 450 cm³/mol. The van der Waals surface area contributed by atoms with Crippen molar-refractivity contribution in [1.82, 2.24) is 19.9 Å². The largest absolute Gasteiger partial charge is 0.497 e. The number of nitrogens with one attached hydrogen (secondary N) is 4. The second-order valence-electron chi connectivity index (χ2n) is 28.5. The molecule has 5 aliphatic rings. The maximum absolute atomic E-state index is 6.17. The Morgan fingerprint density at radius 1 is 0.204 bits per heavy atom. The van der Waals surface area contributed by atoms with E-state index in [4.69, 9.17) is 38.9 Å². The van der Waals surface area contributed by atoms with Gasteiger partial charge in [-0.1, -0.05) is 159 Å². The molecule has 13 rings (SSSR count). The van der Waals surface area contributed by atoms with Crippen LogP contribution in [0.4, 0.5) is 0 Å². The molecule has 12 nitrogen and oxygen atoms in total. The number of rotatable bonds is 24. The average molecular weight is 1440 g/mol. The molecule has 108 heavy (non-hydrogen) atoms. The van der Waals surface area contributed by atoms with Crippen LogP contribution in [0, 0.1) is 10.7 Å². The quantitative estimate of drug-likeness (QED) is 0.0476. The molecule has 12 heteroatoms. The molecule has 4 N–H and O–H groups in total. The average Bonchev–Trinajstić information content (AvgIpc) is 1.58. The molecule has 0 unspecified atom stereocenters. The van der Waals surface area contributed by atoms with Gasteiger partial charge in [-0.15, -0.1) is 0 Å². The van der Waals surface area contributed by atoms with Crippen molar-refractivity contribution in [1.29, 1.82) is 0 Å². The molecule has 16 bridgehead atoms. The number of ether oxygens (including phenoxy) is 4. The zero-order chi connectivity index (χ0) is 76.5. The maximum Gasteiger partial charge on any atom is 0.118 e. The van der Waals surface area contributed by atoms with Crippen molar-refractivity contribution in [2.45, 2.75) is 214 Å². The highest BCUT2D eigenvalue weighted by molar-refractivity contribution is 6.37. The normalized spacial score (nSPS) is 15.4. The second kappa shape index (κ2) is 32.3. The summed E-state index contributed by atoms with van der Waals surface area (Å²) in [5, 5.41) is 8.67. The number of hydrogen-bond acceptors (Lipinski definition) is 8. The lowest BCUT2D eigenvalue weighted by atomic mass is 9.89. The van der Waals surface area contributed by atoms with Crippen molar-refractivity contribution in [3.8, 4) is 23.0 Å². The topological polar surface area (TPSA) is 150 Å². The third-order valence-electron chi connectivity index (χ3n) is 23.6. The highest BCUT2D eigenvalue weighted by atomic mass is 16.5. The highest BCUT2D eigenvalue weighted by Gasteiger charge is 2.37. The molecular weight excluding hydrogens is 1330 g/mol. The Kier molecular flexibility index (Phi) is 22.7. The van der Waals surface area contributed by atoms with Gasteiger partial charge in [-0.3, -0.25) is 0 Å². The molecule has 8 aromatic rings. The number of nitrogens with zero attached hydrogens (tertiary/aromatic N) is 4. The number of aromatic nitrogens is 4. The Balaban J connectivity index is 1.34. The number of fused-ring (bicyclic) bond motifs is 12. The van der Waals surface area contributed by atoms with Crippen LogP contribution in [-0.2, 0) is 51.4 Å². The molecule has 0 spiro atoms. The molecule has 0 fully saturated rings. The van der Waals surface area contributed by atoms with Gasteiger partial charge < -0.3 is 38.9 Å². The van der Waals surface area contributed by atoms with E-state index in [9.17, 15) is 0 Å². The summed E-state index contributed by atoms with van der Waals surface area (Å²) in [6.07, 6.45) is 12.6. The maximum atomic E-state index is 6.17. The predicted octanol–water partition coefficient (Wildman–Crippen LogP) is 17.7. The number of benzene rings is 4. The van der Waals surface area contributed by atoms with Crippen LogP contribution >= 0.6 is 0 Å². The summed E-state index contributed by atoms with van der Waals surface area (Å²) in [4.78, 5) is 42.0. The molecule has 560 valence electrons. The first-order valence-corrected chi connectivity index (χ1v) is 40.5. The Morgan fingerprint density at radius 3 is 0.574 bits per heavy atom. The number of H-pyrrole nitrogens is 4. The van der Waals surface area contributed by atoms with Crippen molar-refractivity contribution in [3.63, 3.8) is 0 Å². The molecule has 9 heterocycles. The summed E-state index contributed by atoms with van der Waals surface area (Å²) in [7, 11) is 6.99. The minimum absolute atomic E-state index is 0.767. The van der Waals surface area contributed by atoms with Crippen molar-refractivity contribution in [3.05, 3.63) is 263 Å². The summed E-state index contributed by atoms with van der Waals surface area (Å²) in [5.74, 6) is 3.20. The van der Waals surface area contributed by atoms with Gasteiger partial charge in [0.2, 0.25) is 0 Å². The third-order valence-corrected chi connectivity index (χ3v) is 23.6. The van der Waals surface area contributed by atoms with E-state index in [1.54, 1.807) is 28.4 Å². The van der Waals surface area contributed by atoms with Crippen LogP contribution in [0.15, 0.2) is 173 Å². The van der Waals surface area contributed by atoms with Crippen LogP contribution in [0.1, 0.15) is 229 Å². The van der Waals surface area contributed by atoms with Crippen LogP contribution in [0.3, 0.4) is 0 Å². The van der Waals surface area contributed by atoms with Gasteiger partial charge in [-0.05, 0) is 263 Å². The van der Waals surface area contributed by atoms with Crippen molar-refractivity contribution >= 4 is 56.5 Å². The highest BCUT2D eigenvalue weighted by Crippen LogP contribution is 2.45. The van der Waals surface area contributed by atoms with E-state index >= 15 is 0 Å². The minimum atomic E-state index is 0.767. The number of hydrogen-bond donors (Lipinski definition) is 4. The fourth-order valence-corrected chi connectivity index (χ4v) is 18.6. The van der Waals surface area contributed by atoms with E-state index in [2.05, 4.69) is 228 Å². The lowest BCUT2D eigenvalue weighted by Gasteiger charge is -2.13. The SMILES string of the molecule is CCC1=C(CC)C2=C3N=C(C(CC)=C3CC)C(c3ccc(OC)cc3)=c3[nH]c(c(CC)c3CC)=C3N=C(C(CC)=C3CC)C(c3ccc(OC)cc3)=c3[nH]c(c(CC)c3CC)=c3[nH]c(c(CC)c3CC)=C(c3ccc(OC)cc3)C3=NC(=c4[nH]c(c(CC)c4CC)=C(c4ccc(OC)cc4)C1=N2)C(CC)=C3CC.